The van der Waals surface area contributed by atoms with E-state index in [1.54, 1.807) is 12.3 Å². The number of benzene rings is 1. The van der Waals surface area contributed by atoms with Crippen molar-refractivity contribution in [3.8, 4) is 0 Å². The van der Waals surface area contributed by atoms with Crippen LogP contribution < -0.4 is 11.0 Å². The van der Waals surface area contributed by atoms with Gasteiger partial charge >= 0.3 is 5.69 Å². The molecule has 0 aliphatic heterocycles. The van der Waals surface area contributed by atoms with Crippen LogP contribution in [0.3, 0.4) is 0 Å². The molecule has 0 saturated heterocycles. The molecular formula is C19H23N3O3. The van der Waals surface area contributed by atoms with Gasteiger partial charge in [-0.1, -0.05) is 31.4 Å². The second kappa shape index (κ2) is 8.58. The summed E-state index contributed by atoms with van der Waals surface area (Å²) in [4.78, 5) is 27.5. The van der Waals surface area contributed by atoms with E-state index in [0.717, 1.165) is 18.4 Å². The molecule has 0 unspecified atom stereocenters. The second-order valence-corrected chi connectivity index (χ2v) is 6.35. The zero-order valence-corrected chi connectivity index (χ0v) is 14.2. The number of carbonyl (C=O) groups is 1. The van der Waals surface area contributed by atoms with Crippen LogP contribution in [0.1, 0.15) is 37.7 Å². The van der Waals surface area contributed by atoms with E-state index < -0.39 is 0 Å². The standard InChI is InChI=1S/C19H23N3O3/c23-18(14-25-17-8-2-1-3-9-17)21-16-7-4-6-15(12-16)13-22-11-5-10-20-19(22)24/h4-7,10-12,17H,1-3,8-9,13-14H2,(H,21,23). The summed E-state index contributed by atoms with van der Waals surface area (Å²) in [7, 11) is 0. The number of hydrogen-bond acceptors (Lipinski definition) is 4. The van der Waals surface area contributed by atoms with Crippen LogP contribution >= 0.6 is 0 Å². The van der Waals surface area contributed by atoms with Gasteiger partial charge in [-0.2, -0.15) is 0 Å². The number of ether oxygens (including phenoxy) is 1. The molecule has 1 aliphatic rings. The van der Waals surface area contributed by atoms with E-state index in [-0.39, 0.29) is 24.3 Å². The Kier molecular flexibility index (Phi) is 5.95. The van der Waals surface area contributed by atoms with E-state index in [1.807, 2.05) is 24.3 Å². The average Bonchev–Trinajstić information content (AvgIpc) is 2.63. The largest absolute Gasteiger partial charge is 0.368 e. The minimum Gasteiger partial charge on any atom is -0.368 e. The molecule has 0 atom stereocenters. The van der Waals surface area contributed by atoms with Gasteiger partial charge in [-0.3, -0.25) is 9.36 Å². The van der Waals surface area contributed by atoms with Gasteiger partial charge in [0.05, 0.1) is 12.6 Å². The van der Waals surface area contributed by atoms with Crippen molar-refractivity contribution in [1.29, 1.82) is 0 Å². The van der Waals surface area contributed by atoms with E-state index >= 15 is 0 Å². The maximum atomic E-state index is 12.1. The monoisotopic (exact) mass is 341 g/mol. The van der Waals surface area contributed by atoms with Crippen molar-refractivity contribution in [2.24, 2.45) is 0 Å². The third-order valence-electron chi connectivity index (χ3n) is 4.35. The maximum Gasteiger partial charge on any atom is 0.347 e. The number of hydrogen-bond donors (Lipinski definition) is 1. The molecule has 0 bridgehead atoms. The molecule has 1 amide bonds. The summed E-state index contributed by atoms with van der Waals surface area (Å²) < 4.78 is 7.21. The van der Waals surface area contributed by atoms with Gasteiger partial charge < -0.3 is 10.1 Å². The lowest BCUT2D eigenvalue weighted by molar-refractivity contribution is -0.123. The summed E-state index contributed by atoms with van der Waals surface area (Å²) in [6.45, 7) is 0.492. The van der Waals surface area contributed by atoms with Crippen molar-refractivity contribution in [2.45, 2.75) is 44.8 Å². The summed E-state index contributed by atoms with van der Waals surface area (Å²) in [5.41, 5.74) is 1.32. The Balaban J connectivity index is 1.55. The molecule has 1 saturated carbocycles. The van der Waals surface area contributed by atoms with Crippen molar-refractivity contribution in [3.05, 3.63) is 58.8 Å². The highest BCUT2D eigenvalue weighted by molar-refractivity contribution is 5.91. The van der Waals surface area contributed by atoms with E-state index in [4.69, 9.17) is 4.74 Å². The first-order chi connectivity index (χ1) is 12.2. The van der Waals surface area contributed by atoms with E-state index in [9.17, 15) is 9.59 Å². The zero-order chi connectivity index (χ0) is 17.5. The summed E-state index contributed by atoms with van der Waals surface area (Å²) in [6, 6.07) is 9.17. The predicted molar refractivity (Wildman–Crippen MR) is 95.5 cm³/mol. The fourth-order valence-corrected chi connectivity index (χ4v) is 3.07. The van der Waals surface area contributed by atoms with E-state index in [0.29, 0.717) is 12.2 Å². The molecule has 6 heteroatoms. The Morgan fingerprint density at radius 3 is 2.88 bits per heavy atom. The van der Waals surface area contributed by atoms with Gasteiger partial charge in [-0.25, -0.2) is 9.78 Å². The van der Waals surface area contributed by atoms with Gasteiger partial charge in [-0.05, 0) is 36.6 Å². The van der Waals surface area contributed by atoms with Crippen LogP contribution in [-0.2, 0) is 16.1 Å². The van der Waals surface area contributed by atoms with Crippen LogP contribution in [-0.4, -0.2) is 28.2 Å². The highest BCUT2D eigenvalue weighted by Crippen LogP contribution is 2.20. The molecule has 132 valence electrons. The third kappa shape index (κ3) is 5.26. The van der Waals surface area contributed by atoms with Gasteiger partial charge in [0.25, 0.3) is 0 Å². The minimum absolute atomic E-state index is 0.0803. The van der Waals surface area contributed by atoms with E-state index in [1.165, 1.54) is 30.0 Å². The molecule has 1 aliphatic carbocycles. The maximum absolute atomic E-state index is 12.1. The van der Waals surface area contributed by atoms with Crippen molar-refractivity contribution in [2.75, 3.05) is 11.9 Å². The first kappa shape index (κ1) is 17.4. The lowest BCUT2D eigenvalue weighted by Gasteiger charge is -2.21. The quantitative estimate of drug-likeness (QED) is 0.876. The number of nitrogens with zero attached hydrogens (tertiary/aromatic N) is 2. The van der Waals surface area contributed by atoms with Crippen LogP contribution in [0, 0.1) is 0 Å². The molecular weight excluding hydrogens is 318 g/mol. The number of nitrogens with one attached hydrogen (secondary N) is 1. The van der Waals surface area contributed by atoms with Crippen LogP contribution in [0.5, 0.6) is 0 Å². The zero-order valence-electron chi connectivity index (χ0n) is 14.2. The van der Waals surface area contributed by atoms with Gasteiger partial charge in [0.1, 0.15) is 6.61 Å². The Morgan fingerprint density at radius 1 is 1.24 bits per heavy atom. The van der Waals surface area contributed by atoms with Crippen molar-refractivity contribution in [1.82, 2.24) is 9.55 Å². The molecule has 3 rings (SSSR count). The fourth-order valence-electron chi connectivity index (χ4n) is 3.07. The third-order valence-corrected chi connectivity index (χ3v) is 4.35. The number of carbonyl (C=O) groups excluding carboxylic acids is 1. The van der Waals surface area contributed by atoms with Crippen LogP contribution in [0.25, 0.3) is 0 Å². The van der Waals surface area contributed by atoms with Crippen LogP contribution in [0.15, 0.2) is 47.5 Å². The topological polar surface area (TPSA) is 73.2 Å². The molecule has 1 aromatic heterocycles. The van der Waals surface area contributed by atoms with Gasteiger partial charge in [0, 0.05) is 18.1 Å². The Morgan fingerprint density at radius 2 is 2.08 bits per heavy atom. The fraction of sp³-hybridized carbons (Fsp3) is 0.421. The second-order valence-electron chi connectivity index (χ2n) is 6.35. The molecule has 1 N–H and O–H groups in total. The lowest BCUT2D eigenvalue weighted by Crippen LogP contribution is -2.25. The highest BCUT2D eigenvalue weighted by Gasteiger charge is 2.15. The molecule has 2 aromatic rings. The summed E-state index contributed by atoms with van der Waals surface area (Å²) >= 11 is 0. The molecule has 1 aromatic carbocycles. The Labute approximate surface area is 146 Å². The number of aromatic nitrogens is 2. The summed E-state index contributed by atoms with van der Waals surface area (Å²) in [5, 5.41) is 2.86. The van der Waals surface area contributed by atoms with Gasteiger partial charge in [0.15, 0.2) is 0 Å². The van der Waals surface area contributed by atoms with Gasteiger partial charge in [0.2, 0.25) is 5.91 Å². The molecule has 0 spiro atoms. The highest BCUT2D eigenvalue weighted by atomic mass is 16.5. The summed E-state index contributed by atoms with van der Waals surface area (Å²) in [5.74, 6) is -0.152. The smallest absolute Gasteiger partial charge is 0.347 e. The summed E-state index contributed by atoms with van der Waals surface area (Å²) in [6.07, 6.45) is 9.09. The Bertz CT molecular complexity index is 766. The van der Waals surface area contributed by atoms with Crippen molar-refractivity contribution in [3.63, 3.8) is 0 Å². The number of amides is 1. The van der Waals surface area contributed by atoms with Crippen molar-refractivity contribution >= 4 is 11.6 Å². The molecule has 1 heterocycles. The Hall–Kier alpha value is -2.47. The molecule has 25 heavy (non-hydrogen) atoms. The minimum atomic E-state index is -0.294. The molecule has 1 fully saturated rings. The van der Waals surface area contributed by atoms with E-state index in [2.05, 4.69) is 10.3 Å². The van der Waals surface area contributed by atoms with Gasteiger partial charge in [-0.15, -0.1) is 0 Å². The lowest BCUT2D eigenvalue weighted by atomic mass is 9.98. The van der Waals surface area contributed by atoms with Crippen LogP contribution in [0.4, 0.5) is 5.69 Å². The number of anilines is 1. The molecule has 6 nitrogen and oxygen atoms in total. The normalized spacial score (nSPS) is 15.0. The van der Waals surface area contributed by atoms with Crippen LogP contribution in [0.2, 0.25) is 0 Å². The van der Waals surface area contributed by atoms with Crippen molar-refractivity contribution < 1.29 is 9.53 Å². The average molecular weight is 341 g/mol. The SMILES string of the molecule is O=C(COC1CCCCC1)Nc1cccc(Cn2cccnc2=O)c1. The first-order valence-electron chi connectivity index (χ1n) is 8.72. The number of rotatable bonds is 6. The first-order valence-corrected chi connectivity index (χ1v) is 8.72. The predicted octanol–water partition coefficient (Wildman–Crippen LogP) is 2.58. The molecule has 0 radical (unpaired) electrons.